The van der Waals surface area contributed by atoms with Gasteiger partial charge in [0.05, 0.1) is 9.82 Å². The number of nitrogens with zero attached hydrogens (tertiary/aromatic N) is 1. The van der Waals surface area contributed by atoms with Crippen LogP contribution in [0.5, 0.6) is 0 Å². The van der Waals surface area contributed by atoms with Gasteiger partial charge in [0.1, 0.15) is 5.69 Å². The van der Waals surface area contributed by atoms with Gasteiger partial charge in [0, 0.05) is 18.2 Å². The molecule has 8 heteroatoms. The van der Waals surface area contributed by atoms with Gasteiger partial charge in [-0.25, -0.2) is 13.1 Å². The Labute approximate surface area is 137 Å². The summed E-state index contributed by atoms with van der Waals surface area (Å²) in [6.45, 7) is 7.82. The zero-order valence-electron chi connectivity index (χ0n) is 14.0. The minimum Gasteiger partial charge on any atom is -0.379 e. The number of hydrogen-bond acceptors (Lipinski definition) is 5. The third-order valence-electron chi connectivity index (χ3n) is 3.01. The summed E-state index contributed by atoms with van der Waals surface area (Å²) < 4.78 is 27.0. The van der Waals surface area contributed by atoms with Crippen LogP contribution in [0.25, 0.3) is 0 Å². The normalized spacial score (nSPS) is 12.2. The van der Waals surface area contributed by atoms with Gasteiger partial charge in [0.2, 0.25) is 10.0 Å². The fraction of sp³-hybridized carbons (Fsp3) is 0.600. The molecular weight excluding hydrogens is 318 g/mol. The highest BCUT2D eigenvalue weighted by Gasteiger charge is 2.25. The van der Waals surface area contributed by atoms with E-state index in [1.807, 2.05) is 0 Å². The Morgan fingerprint density at radius 1 is 1.22 bits per heavy atom. The second kappa shape index (κ2) is 7.74. The Bertz CT molecular complexity index is 651. The molecule has 0 aromatic heterocycles. The molecule has 0 spiro atoms. The highest BCUT2D eigenvalue weighted by atomic mass is 32.2. The van der Waals surface area contributed by atoms with Gasteiger partial charge in [0.15, 0.2) is 0 Å². The van der Waals surface area contributed by atoms with Crippen molar-refractivity contribution in [3.63, 3.8) is 0 Å². The van der Waals surface area contributed by atoms with Gasteiger partial charge in [-0.1, -0.05) is 19.8 Å². The number of unbranched alkanes of at least 4 members (excludes halogenated alkanes) is 2. The summed E-state index contributed by atoms with van der Waals surface area (Å²) >= 11 is 0. The Morgan fingerprint density at radius 3 is 2.39 bits per heavy atom. The molecule has 7 nitrogen and oxygen atoms in total. The first-order chi connectivity index (χ1) is 10.6. The monoisotopic (exact) mass is 343 g/mol. The molecule has 2 N–H and O–H groups in total. The maximum atomic E-state index is 12.3. The molecule has 0 saturated heterocycles. The molecule has 0 heterocycles. The van der Waals surface area contributed by atoms with Crippen molar-refractivity contribution in [3.05, 3.63) is 28.3 Å². The molecule has 0 radical (unpaired) electrons. The molecule has 0 atom stereocenters. The van der Waals surface area contributed by atoms with Gasteiger partial charge in [-0.05, 0) is 39.3 Å². The third-order valence-corrected chi connectivity index (χ3v) is 4.77. The van der Waals surface area contributed by atoms with Crippen molar-refractivity contribution >= 4 is 21.4 Å². The van der Waals surface area contributed by atoms with Crippen LogP contribution in [0.2, 0.25) is 0 Å². The van der Waals surface area contributed by atoms with E-state index in [2.05, 4.69) is 17.0 Å². The predicted octanol–water partition coefficient (Wildman–Crippen LogP) is 3.27. The highest BCUT2D eigenvalue weighted by Crippen LogP contribution is 2.28. The van der Waals surface area contributed by atoms with E-state index in [1.165, 1.54) is 12.1 Å². The lowest BCUT2D eigenvalue weighted by molar-refractivity contribution is -0.384. The maximum absolute atomic E-state index is 12.3. The molecule has 130 valence electrons. The minimum atomic E-state index is -3.80. The number of anilines is 1. The Balaban J connectivity index is 3.06. The van der Waals surface area contributed by atoms with Crippen molar-refractivity contribution in [1.29, 1.82) is 0 Å². The first-order valence-electron chi connectivity index (χ1n) is 7.63. The lowest BCUT2D eigenvalue weighted by Crippen LogP contribution is -2.40. The second-order valence-electron chi connectivity index (χ2n) is 6.43. The number of nitro groups is 1. The molecule has 0 amide bonds. The van der Waals surface area contributed by atoms with E-state index in [0.717, 1.165) is 25.3 Å². The van der Waals surface area contributed by atoms with Crippen LogP contribution in [0.15, 0.2) is 23.1 Å². The predicted molar refractivity (Wildman–Crippen MR) is 91.2 cm³/mol. The van der Waals surface area contributed by atoms with Gasteiger partial charge >= 0.3 is 0 Å². The van der Waals surface area contributed by atoms with Crippen molar-refractivity contribution in [2.45, 2.75) is 57.4 Å². The molecular formula is C15H25N3O4S. The Kier molecular flexibility index (Phi) is 6.52. The van der Waals surface area contributed by atoms with Crippen molar-refractivity contribution in [2.75, 3.05) is 11.9 Å². The van der Waals surface area contributed by atoms with Crippen LogP contribution >= 0.6 is 0 Å². The lowest BCUT2D eigenvalue weighted by atomic mass is 10.1. The average molecular weight is 343 g/mol. The summed E-state index contributed by atoms with van der Waals surface area (Å²) in [7, 11) is -3.80. The summed E-state index contributed by atoms with van der Waals surface area (Å²) in [6.07, 6.45) is 2.99. The van der Waals surface area contributed by atoms with E-state index < -0.39 is 20.5 Å². The summed E-state index contributed by atoms with van der Waals surface area (Å²) in [6, 6.07) is 3.92. The first-order valence-corrected chi connectivity index (χ1v) is 9.11. The molecule has 1 rings (SSSR count). The van der Waals surface area contributed by atoms with Crippen molar-refractivity contribution in [1.82, 2.24) is 4.72 Å². The average Bonchev–Trinajstić information content (AvgIpc) is 2.40. The van der Waals surface area contributed by atoms with E-state index in [-0.39, 0.29) is 10.6 Å². The van der Waals surface area contributed by atoms with E-state index in [1.54, 1.807) is 20.8 Å². The molecule has 0 aliphatic carbocycles. The third kappa shape index (κ3) is 6.15. The van der Waals surface area contributed by atoms with Gasteiger partial charge in [0.25, 0.3) is 5.69 Å². The Hall–Kier alpha value is -1.67. The van der Waals surface area contributed by atoms with Crippen LogP contribution in [0.4, 0.5) is 11.4 Å². The van der Waals surface area contributed by atoms with Crippen LogP contribution in [0.3, 0.4) is 0 Å². The first kappa shape index (κ1) is 19.4. The molecule has 0 bridgehead atoms. The van der Waals surface area contributed by atoms with Crippen LogP contribution < -0.4 is 10.0 Å². The smallest absolute Gasteiger partial charge is 0.293 e. The lowest BCUT2D eigenvalue weighted by Gasteiger charge is -2.20. The van der Waals surface area contributed by atoms with E-state index in [9.17, 15) is 18.5 Å². The van der Waals surface area contributed by atoms with Gasteiger partial charge in [-0.3, -0.25) is 10.1 Å². The fourth-order valence-corrected chi connectivity index (χ4v) is 3.48. The molecule has 0 aliphatic heterocycles. The van der Waals surface area contributed by atoms with Crippen LogP contribution in [-0.2, 0) is 10.0 Å². The van der Waals surface area contributed by atoms with Crippen LogP contribution in [0, 0.1) is 10.1 Å². The molecule has 1 aromatic carbocycles. The number of benzene rings is 1. The van der Waals surface area contributed by atoms with E-state index >= 15 is 0 Å². The number of nitro benzene ring substituents is 1. The summed E-state index contributed by atoms with van der Waals surface area (Å²) in [5.41, 5.74) is -0.566. The molecule has 0 fully saturated rings. The van der Waals surface area contributed by atoms with Gasteiger partial charge in [-0.15, -0.1) is 0 Å². The van der Waals surface area contributed by atoms with Crippen molar-refractivity contribution in [3.8, 4) is 0 Å². The summed E-state index contributed by atoms with van der Waals surface area (Å²) in [5.74, 6) is 0. The largest absolute Gasteiger partial charge is 0.379 e. The summed E-state index contributed by atoms with van der Waals surface area (Å²) in [5, 5.41) is 14.2. The number of hydrogen-bond donors (Lipinski definition) is 2. The van der Waals surface area contributed by atoms with Crippen LogP contribution in [-0.4, -0.2) is 25.4 Å². The molecule has 0 saturated carbocycles. The minimum absolute atomic E-state index is 0.113. The summed E-state index contributed by atoms with van der Waals surface area (Å²) in [4.78, 5) is 10.5. The molecule has 0 aliphatic rings. The quantitative estimate of drug-likeness (QED) is 0.428. The van der Waals surface area contributed by atoms with Crippen molar-refractivity contribution < 1.29 is 13.3 Å². The number of sulfonamides is 1. The maximum Gasteiger partial charge on any atom is 0.293 e. The molecule has 1 aromatic rings. The Morgan fingerprint density at radius 2 is 1.87 bits per heavy atom. The number of rotatable bonds is 8. The van der Waals surface area contributed by atoms with Gasteiger partial charge < -0.3 is 5.32 Å². The van der Waals surface area contributed by atoms with Gasteiger partial charge in [-0.2, -0.15) is 0 Å². The highest BCUT2D eigenvalue weighted by molar-refractivity contribution is 7.89. The SMILES string of the molecule is CCCCCNc1ccc(S(=O)(=O)NC(C)(C)C)cc1[N+](=O)[O-]. The fourth-order valence-electron chi connectivity index (χ4n) is 2.04. The zero-order valence-corrected chi connectivity index (χ0v) is 14.9. The van der Waals surface area contributed by atoms with E-state index in [0.29, 0.717) is 12.2 Å². The van der Waals surface area contributed by atoms with Crippen LogP contribution in [0.1, 0.15) is 47.0 Å². The molecule has 23 heavy (non-hydrogen) atoms. The standard InChI is InChI=1S/C15H25N3O4S/c1-5-6-7-10-16-13-9-8-12(11-14(13)18(19)20)23(21,22)17-15(2,3)4/h8-9,11,16-17H,5-7,10H2,1-4H3. The van der Waals surface area contributed by atoms with Crippen molar-refractivity contribution in [2.24, 2.45) is 0 Å². The van der Waals surface area contributed by atoms with E-state index in [4.69, 9.17) is 0 Å². The molecule has 0 unspecified atom stereocenters. The number of nitrogens with one attached hydrogen (secondary N) is 2. The second-order valence-corrected chi connectivity index (χ2v) is 8.11. The zero-order chi connectivity index (χ0) is 17.7. The topological polar surface area (TPSA) is 101 Å².